The van der Waals surface area contributed by atoms with Crippen molar-refractivity contribution in [3.63, 3.8) is 0 Å². The zero-order valence-corrected chi connectivity index (χ0v) is 11.6. The number of halogens is 1. The lowest BCUT2D eigenvalue weighted by Gasteiger charge is -2.12. The number of benzene rings is 2. The van der Waals surface area contributed by atoms with Crippen molar-refractivity contribution in [2.45, 2.75) is 12.8 Å². The van der Waals surface area contributed by atoms with Gasteiger partial charge < -0.3 is 4.90 Å². The molecule has 0 saturated heterocycles. The van der Waals surface area contributed by atoms with Gasteiger partial charge in [-0.1, -0.05) is 42.5 Å². The summed E-state index contributed by atoms with van der Waals surface area (Å²) in [6.07, 6.45) is 2.06. The van der Waals surface area contributed by atoms with Gasteiger partial charge in [0.05, 0.1) is 0 Å². The van der Waals surface area contributed by atoms with Crippen LogP contribution in [0.3, 0.4) is 0 Å². The molecule has 0 unspecified atom stereocenters. The molecule has 0 heterocycles. The van der Waals surface area contributed by atoms with Crippen molar-refractivity contribution in [3.05, 3.63) is 59.9 Å². The minimum absolute atomic E-state index is 0.150. The molecular formula is C17H20FN. The van der Waals surface area contributed by atoms with Crippen LogP contribution in [0.5, 0.6) is 0 Å². The molecule has 19 heavy (non-hydrogen) atoms. The average Bonchev–Trinajstić information content (AvgIpc) is 2.40. The summed E-state index contributed by atoms with van der Waals surface area (Å²) in [5, 5.41) is 0. The van der Waals surface area contributed by atoms with Gasteiger partial charge >= 0.3 is 0 Å². The number of rotatable bonds is 5. The third-order valence-corrected chi connectivity index (χ3v) is 3.23. The summed E-state index contributed by atoms with van der Waals surface area (Å²) < 4.78 is 13.9. The molecule has 0 aromatic heterocycles. The lowest BCUT2D eigenvalue weighted by Crippen LogP contribution is -2.13. The summed E-state index contributed by atoms with van der Waals surface area (Å²) in [6, 6.07) is 15.1. The third-order valence-electron chi connectivity index (χ3n) is 3.23. The summed E-state index contributed by atoms with van der Waals surface area (Å²) in [6.45, 7) is 1.05. The highest BCUT2D eigenvalue weighted by Crippen LogP contribution is 2.26. The van der Waals surface area contributed by atoms with E-state index in [9.17, 15) is 4.39 Å². The van der Waals surface area contributed by atoms with Gasteiger partial charge in [-0.3, -0.25) is 0 Å². The number of hydrogen-bond acceptors (Lipinski definition) is 1. The Balaban J connectivity index is 2.24. The standard InChI is InChI=1S/C17H20FN/c1-19(2)13-7-9-14-8-3-4-10-15(14)16-11-5-6-12-17(16)18/h3-6,8,10-12H,7,9,13H2,1-2H3. The second-order valence-electron chi connectivity index (χ2n) is 5.04. The molecule has 0 bridgehead atoms. The van der Waals surface area contributed by atoms with Crippen molar-refractivity contribution < 1.29 is 4.39 Å². The molecule has 0 atom stereocenters. The lowest BCUT2D eigenvalue weighted by molar-refractivity contribution is 0.400. The lowest BCUT2D eigenvalue weighted by atomic mass is 9.96. The van der Waals surface area contributed by atoms with Crippen LogP contribution in [0.25, 0.3) is 11.1 Å². The van der Waals surface area contributed by atoms with E-state index in [-0.39, 0.29) is 5.82 Å². The van der Waals surface area contributed by atoms with Crippen LogP contribution in [0.15, 0.2) is 48.5 Å². The Bertz CT molecular complexity index is 534. The van der Waals surface area contributed by atoms with Crippen LogP contribution in [0.4, 0.5) is 4.39 Å². The molecule has 0 N–H and O–H groups in total. The Morgan fingerprint density at radius 2 is 1.53 bits per heavy atom. The first-order valence-electron chi connectivity index (χ1n) is 6.66. The molecule has 0 aliphatic heterocycles. The Kier molecular flexibility index (Phi) is 4.69. The minimum atomic E-state index is -0.150. The van der Waals surface area contributed by atoms with Crippen LogP contribution in [-0.2, 0) is 6.42 Å². The highest BCUT2D eigenvalue weighted by molar-refractivity contribution is 5.67. The molecule has 0 spiro atoms. The number of nitrogens with zero attached hydrogens (tertiary/aromatic N) is 1. The molecule has 0 radical (unpaired) electrons. The van der Waals surface area contributed by atoms with E-state index in [2.05, 4.69) is 25.1 Å². The topological polar surface area (TPSA) is 3.24 Å². The van der Waals surface area contributed by atoms with Gasteiger partial charge in [-0.2, -0.15) is 0 Å². The summed E-state index contributed by atoms with van der Waals surface area (Å²) in [7, 11) is 4.14. The van der Waals surface area contributed by atoms with Crippen molar-refractivity contribution >= 4 is 0 Å². The Morgan fingerprint density at radius 3 is 2.21 bits per heavy atom. The highest BCUT2D eigenvalue weighted by atomic mass is 19.1. The van der Waals surface area contributed by atoms with E-state index in [1.807, 2.05) is 30.3 Å². The fraction of sp³-hybridized carbons (Fsp3) is 0.294. The maximum absolute atomic E-state index is 13.9. The predicted octanol–water partition coefficient (Wildman–Crippen LogP) is 3.99. The molecular weight excluding hydrogens is 237 g/mol. The summed E-state index contributed by atoms with van der Waals surface area (Å²) in [5.41, 5.74) is 2.93. The van der Waals surface area contributed by atoms with Crippen molar-refractivity contribution in [2.75, 3.05) is 20.6 Å². The third kappa shape index (κ3) is 3.65. The van der Waals surface area contributed by atoms with Crippen LogP contribution in [0.2, 0.25) is 0 Å². The van der Waals surface area contributed by atoms with E-state index in [0.29, 0.717) is 5.56 Å². The maximum Gasteiger partial charge on any atom is 0.131 e. The van der Waals surface area contributed by atoms with Crippen LogP contribution >= 0.6 is 0 Å². The molecule has 0 amide bonds. The van der Waals surface area contributed by atoms with E-state index >= 15 is 0 Å². The van der Waals surface area contributed by atoms with Gasteiger partial charge in [-0.25, -0.2) is 4.39 Å². The summed E-state index contributed by atoms with van der Waals surface area (Å²) in [5.74, 6) is -0.150. The molecule has 2 aromatic rings. The van der Waals surface area contributed by atoms with Gasteiger partial charge in [0.15, 0.2) is 0 Å². The van der Waals surface area contributed by atoms with E-state index in [1.54, 1.807) is 6.07 Å². The normalized spacial score (nSPS) is 10.9. The van der Waals surface area contributed by atoms with Gasteiger partial charge in [0.1, 0.15) is 5.82 Å². The largest absolute Gasteiger partial charge is 0.309 e. The van der Waals surface area contributed by atoms with E-state index in [4.69, 9.17) is 0 Å². The van der Waals surface area contributed by atoms with Gasteiger partial charge in [-0.05, 0) is 50.7 Å². The monoisotopic (exact) mass is 257 g/mol. The molecule has 0 fully saturated rings. The van der Waals surface area contributed by atoms with Crippen molar-refractivity contribution in [2.24, 2.45) is 0 Å². The molecule has 0 aliphatic rings. The Labute approximate surface area is 114 Å². The first-order chi connectivity index (χ1) is 9.18. The Morgan fingerprint density at radius 1 is 0.895 bits per heavy atom. The van der Waals surface area contributed by atoms with Crippen molar-refractivity contribution in [1.82, 2.24) is 4.90 Å². The minimum Gasteiger partial charge on any atom is -0.309 e. The van der Waals surface area contributed by atoms with Gasteiger partial charge in [0.25, 0.3) is 0 Å². The zero-order chi connectivity index (χ0) is 13.7. The smallest absolute Gasteiger partial charge is 0.131 e. The first kappa shape index (κ1) is 13.8. The second kappa shape index (κ2) is 6.48. The van der Waals surface area contributed by atoms with Crippen molar-refractivity contribution in [1.29, 1.82) is 0 Å². The van der Waals surface area contributed by atoms with Gasteiger partial charge in [0.2, 0.25) is 0 Å². The fourth-order valence-electron chi connectivity index (χ4n) is 2.27. The van der Waals surface area contributed by atoms with Crippen LogP contribution < -0.4 is 0 Å². The highest BCUT2D eigenvalue weighted by Gasteiger charge is 2.08. The molecule has 2 rings (SSSR count). The van der Waals surface area contributed by atoms with Crippen LogP contribution in [0.1, 0.15) is 12.0 Å². The molecule has 0 saturated carbocycles. The molecule has 1 nitrogen and oxygen atoms in total. The fourth-order valence-corrected chi connectivity index (χ4v) is 2.27. The summed E-state index contributed by atoms with van der Waals surface area (Å²) >= 11 is 0. The van der Waals surface area contributed by atoms with Crippen molar-refractivity contribution in [3.8, 4) is 11.1 Å². The number of aryl methyl sites for hydroxylation is 1. The average molecular weight is 257 g/mol. The van der Waals surface area contributed by atoms with E-state index < -0.39 is 0 Å². The first-order valence-corrected chi connectivity index (χ1v) is 6.66. The van der Waals surface area contributed by atoms with Crippen LogP contribution in [-0.4, -0.2) is 25.5 Å². The Hall–Kier alpha value is -1.67. The SMILES string of the molecule is CN(C)CCCc1ccccc1-c1ccccc1F. The van der Waals surface area contributed by atoms with E-state index in [1.165, 1.54) is 11.6 Å². The van der Waals surface area contributed by atoms with Crippen LogP contribution in [0, 0.1) is 5.82 Å². The maximum atomic E-state index is 13.9. The second-order valence-corrected chi connectivity index (χ2v) is 5.04. The molecule has 0 aliphatic carbocycles. The summed E-state index contributed by atoms with van der Waals surface area (Å²) in [4.78, 5) is 2.17. The number of hydrogen-bond donors (Lipinski definition) is 0. The predicted molar refractivity (Wildman–Crippen MR) is 78.7 cm³/mol. The van der Waals surface area contributed by atoms with E-state index in [0.717, 1.165) is 24.9 Å². The molecule has 2 aromatic carbocycles. The van der Waals surface area contributed by atoms with Gasteiger partial charge in [0, 0.05) is 5.56 Å². The van der Waals surface area contributed by atoms with Gasteiger partial charge in [-0.15, -0.1) is 0 Å². The quantitative estimate of drug-likeness (QED) is 0.783. The molecule has 100 valence electrons. The zero-order valence-electron chi connectivity index (χ0n) is 11.6. The molecule has 2 heteroatoms.